The Bertz CT molecular complexity index is 1150. The van der Waals surface area contributed by atoms with E-state index in [1.807, 2.05) is 41.8 Å². The zero-order valence-electron chi connectivity index (χ0n) is 16.3. The van der Waals surface area contributed by atoms with Gasteiger partial charge in [-0.2, -0.15) is 0 Å². The molecule has 30 heavy (non-hydrogen) atoms. The highest BCUT2D eigenvalue weighted by Gasteiger charge is 2.20. The van der Waals surface area contributed by atoms with Gasteiger partial charge in [-0.3, -0.25) is 4.57 Å². The van der Waals surface area contributed by atoms with Crippen molar-refractivity contribution in [3.05, 3.63) is 87.9 Å². The van der Waals surface area contributed by atoms with Gasteiger partial charge in [-0.05, 0) is 73.2 Å². The summed E-state index contributed by atoms with van der Waals surface area (Å²) in [7, 11) is 1.36. The van der Waals surface area contributed by atoms with Crippen molar-refractivity contribution in [2.45, 2.75) is 6.92 Å². The third-order valence-electron chi connectivity index (χ3n) is 4.74. The number of aryl methyl sites for hydroxylation is 1. The Balaban J connectivity index is 1.98. The van der Waals surface area contributed by atoms with Crippen LogP contribution in [0, 0.1) is 6.92 Å². The number of methoxy groups -OCH3 is 1. The standard InChI is InChI=1S/C23H17Cl2N3O2/c1-14-3-4-17(23(29)30-2)13-20(14)28-21(15-5-9-18(24)10-6-15)26-27-22(28)16-7-11-19(25)12-8-16/h3-13H,1-2H3. The molecule has 150 valence electrons. The van der Waals surface area contributed by atoms with Crippen molar-refractivity contribution in [2.24, 2.45) is 0 Å². The summed E-state index contributed by atoms with van der Waals surface area (Å²) >= 11 is 12.1. The molecule has 0 aliphatic rings. The summed E-state index contributed by atoms with van der Waals surface area (Å²) in [6, 6.07) is 20.1. The number of hydrogen-bond acceptors (Lipinski definition) is 4. The van der Waals surface area contributed by atoms with E-state index >= 15 is 0 Å². The minimum absolute atomic E-state index is 0.412. The maximum absolute atomic E-state index is 12.1. The smallest absolute Gasteiger partial charge is 0.337 e. The maximum atomic E-state index is 12.1. The van der Waals surface area contributed by atoms with Crippen molar-refractivity contribution >= 4 is 29.2 Å². The summed E-state index contributed by atoms with van der Waals surface area (Å²) in [5.74, 6) is 0.842. The van der Waals surface area contributed by atoms with E-state index in [1.165, 1.54) is 7.11 Å². The van der Waals surface area contributed by atoms with Gasteiger partial charge in [0.05, 0.1) is 18.4 Å². The number of benzene rings is 3. The van der Waals surface area contributed by atoms with E-state index in [1.54, 1.807) is 36.4 Å². The van der Waals surface area contributed by atoms with Gasteiger partial charge in [-0.25, -0.2) is 4.79 Å². The van der Waals surface area contributed by atoms with Crippen molar-refractivity contribution in [3.63, 3.8) is 0 Å². The molecule has 0 saturated carbocycles. The molecule has 0 aliphatic carbocycles. The predicted octanol–water partition coefficient (Wildman–Crippen LogP) is 6.00. The third kappa shape index (κ3) is 3.82. The Morgan fingerprint density at radius 1 is 0.833 bits per heavy atom. The van der Waals surface area contributed by atoms with Crippen LogP contribution in [0.3, 0.4) is 0 Å². The average molecular weight is 438 g/mol. The molecule has 4 rings (SSSR count). The fraction of sp³-hybridized carbons (Fsp3) is 0.0870. The molecule has 0 radical (unpaired) electrons. The van der Waals surface area contributed by atoms with Gasteiger partial charge in [0.1, 0.15) is 0 Å². The lowest BCUT2D eigenvalue weighted by molar-refractivity contribution is 0.0600. The number of hydrogen-bond donors (Lipinski definition) is 0. The second-order valence-electron chi connectivity index (χ2n) is 6.69. The Hall–Kier alpha value is -3.15. The molecular formula is C23H17Cl2N3O2. The zero-order valence-corrected chi connectivity index (χ0v) is 17.8. The molecule has 0 bridgehead atoms. The SMILES string of the molecule is COC(=O)c1ccc(C)c(-n2c(-c3ccc(Cl)cc3)nnc2-c2ccc(Cl)cc2)c1. The number of halogens is 2. The molecule has 1 heterocycles. The average Bonchev–Trinajstić information content (AvgIpc) is 3.19. The van der Waals surface area contributed by atoms with E-state index in [2.05, 4.69) is 10.2 Å². The van der Waals surface area contributed by atoms with Gasteiger partial charge in [0.15, 0.2) is 11.6 Å². The van der Waals surface area contributed by atoms with Crippen LogP contribution in [0.15, 0.2) is 66.7 Å². The number of aromatic nitrogens is 3. The second-order valence-corrected chi connectivity index (χ2v) is 7.56. The molecule has 3 aromatic carbocycles. The molecule has 0 aliphatic heterocycles. The summed E-state index contributed by atoms with van der Waals surface area (Å²) in [5.41, 5.74) is 3.85. The van der Waals surface area contributed by atoms with Crippen LogP contribution in [0.2, 0.25) is 10.0 Å². The number of nitrogens with zero attached hydrogens (tertiary/aromatic N) is 3. The first kappa shape index (κ1) is 20.1. The molecule has 0 amide bonds. The van der Waals surface area contributed by atoms with E-state index in [4.69, 9.17) is 27.9 Å². The van der Waals surface area contributed by atoms with Crippen molar-refractivity contribution in [1.82, 2.24) is 14.8 Å². The fourth-order valence-electron chi connectivity index (χ4n) is 3.18. The quantitative estimate of drug-likeness (QED) is 0.367. The number of carbonyl (C=O) groups excluding carboxylic acids is 1. The lowest BCUT2D eigenvalue weighted by Gasteiger charge is -2.15. The molecule has 0 N–H and O–H groups in total. The maximum Gasteiger partial charge on any atom is 0.337 e. The van der Waals surface area contributed by atoms with Gasteiger partial charge in [-0.15, -0.1) is 10.2 Å². The second kappa shape index (κ2) is 8.30. The topological polar surface area (TPSA) is 57.0 Å². The molecule has 0 saturated heterocycles. The molecule has 0 atom stereocenters. The lowest BCUT2D eigenvalue weighted by Crippen LogP contribution is -2.07. The molecule has 0 fully saturated rings. The van der Waals surface area contributed by atoms with Crippen molar-refractivity contribution in [1.29, 1.82) is 0 Å². The van der Waals surface area contributed by atoms with Gasteiger partial charge < -0.3 is 4.74 Å². The van der Waals surface area contributed by atoms with Crippen molar-refractivity contribution in [3.8, 4) is 28.5 Å². The molecule has 5 nitrogen and oxygen atoms in total. The van der Waals surface area contributed by atoms with E-state index in [-0.39, 0.29) is 0 Å². The van der Waals surface area contributed by atoms with Crippen molar-refractivity contribution < 1.29 is 9.53 Å². The number of carbonyl (C=O) groups is 1. The lowest BCUT2D eigenvalue weighted by atomic mass is 10.1. The minimum Gasteiger partial charge on any atom is -0.465 e. The van der Waals surface area contributed by atoms with Gasteiger partial charge >= 0.3 is 5.97 Å². The summed E-state index contributed by atoms with van der Waals surface area (Å²) in [6.45, 7) is 1.97. The number of esters is 1. The summed E-state index contributed by atoms with van der Waals surface area (Å²) in [4.78, 5) is 12.1. The third-order valence-corrected chi connectivity index (χ3v) is 5.24. The van der Waals surface area contributed by atoms with Crippen LogP contribution in [-0.2, 0) is 4.74 Å². The van der Waals surface area contributed by atoms with Gasteiger partial charge in [0, 0.05) is 21.2 Å². The monoisotopic (exact) mass is 437 g/mol. The van der Waals surface area contributed by atoms with Crippen LogP contribution in [0.1, 0.15) is 15.9 Å². The van der Waals surface area contributed by atoms with Crippen LogP contribution < -0.4 is 0 Å². The molecule has 1 aromatic heterocycles. The molecule has 0 spiro atoms. The van der Waals surface area contributed by atoms with Gasteiger partial charge in [0.25, 0.3) is 0 Å². The van der Waals surface area contributed by atoms with Crippen molar-refractivity contribution in [2.75, 3.05) is 7.11 Å². The Morgan fingerprint density at radius 2 is 1.33 bits per heavy atom. The van der Waals surface area contributed by atoms with E-state index in [0.29, 0.717) is 27.3 Å². The van der Waals surface area contributed by atoms with Gasteiger partial charge in [-0.1, -0.05) is 29.3 Å². The van der Waals surface area contributed by atoms with E-state index < -0.39 is 5.97 Å². The van der Waals surface area contributed by atoms with Gasteiger partial charge in [0.2, 0.25) is 0 Å². The highest BCUT2D eigenvalue weighted by atomic mass is 35.5. The highest BCUT2D eigenvalue weighted by Crippen LogP contribution is 2.31. The number of rotatable bonds is 4. The Kier molecular flexibility index (Phi) is 5.57. The highest BCUT2D eigenvalue weighted by molar-refractivity contribution is 6.30. The summed E-state index contributed by atoms with van der Waals surface area (Å²) < 4.78 is 6.82. The van der Waals surface area contributed by atoms with Crippen LogP contribution in [-0.4, -0.2) is 27.8 Å². The van der Waals surface area contributed by atoms with E-state index in [0.717, 1.165) is 22.4 Å². The first-order valence-electron chi connectivity index (χ1n) is 9.14. The largest absolute Gasteiger partial charge is 0.465 e. The summed E-state index contributed by atoms with van der Waals surface area (Å²) in [5, 5.41) is 10.2. The number of ether oxygens (including phenoxy) is 1. The predicted molar refractivity (Wildman–Crippen MR) is 118 cm³/mol. The van der Waals surface area contributed by atoms with Crippen LogP contribution >= 0.6 is 23.2 Å². The van der Waals surface area contributed by atoms with Crippen LogP contribution in [0.4, 0.5) is 0 Å². The minimum atomic E-state index is -0.412. The normalized spacial score (nSPS) is 10.8. The molecule has 4 aromatic rings. The van der Waals surface area contributed by atoms with Crippen LogP contribution in [0.5, 0.6) is 0 Å². The Labute approximate surface area is 183 Å². The zero-order chi connectivity index (χ0) is 21.3. The first-order chi connectivity index (χ1) is 14.5. The van der Waals surface area contributed by atoms with E-state index in [9.17, 15) is 4.79 Å². The van der Waals surface area contributed by atoms with Crippen LogP contribution in [0.25, 0.3) is 28.5 Å². The summed E-state index contributed by atoms with van der Waals surface area (Å²) in [6.07, 6.45) is 0. The molecule has 0 unspecified atom stereocenters. The fourth-order valence-corrected chi connectivity index (χ4v) is 3.43. The Morgan fingerprint density at radius 3 is 1.80 bits per heavy atom. The first-order valence-corrected chi connectivity index (χ1v) is 9.90. The molecule has 7 heteroatoms. The molecular weight excluding hydrogens is 421 g/mol.